The van der Waals surface area contributed by atoms with Crippen LogP contribution in [-0.2, 0) is 14.6 Å². The van der Waals surface area contributed by atoms with Crippen LogP contribution in [0, 0.1) is 0 Å². The molecule has 1 atom stereocenters. The summed E-state index contributed by atoms with van der Waals surface area (Å²) in [6.07, 6.45) is 0.613. The summed E-state index contributed by atoms with van der Waals surface area (Å²) in [5, 5.41) is 5.57. The van der Waals surface area contributed by atoms with E-state index in [1.54, 1.807) is 0 Å². The van der Waals surface area contributed by atoms with Gasteiger partial charge < -0.3 is 10.6 Å². The summed E-state index contributed by atoms with van der Waals surface area (Å²) >= 11 is 0. The Hall–Kier alpha value is -0.620. The van der Waals surface area contributed by atoms with Crippen molar-refractivity contribution in [1.29, 1.82) is 0 Å². The maximum absolute atomic E-state index is 11.1. The van der Waals surface area contributed by atoms with E-state index in [1.165, 1.54) is 0 Å². The van der Waals surface area contributed by atoms with Crippen LogP contribution in [0.3, 0.4) is 0 Å². The molecule has 0 aliphatic carbocycles. The molecule has 0 saturated carbocycles. The number of hydrogen-bond acceptors (Lipinski definition) is 4. The van der Waals surface area contributed by atoms with Gasteiger partial charge in [-0.15, -0.1) is 0 Å². The van der Waals surface area contributed by atoms with Gasteiger partial charge in [0.15, 0.2) is 9.84 Å². The third-order valence-electron chi connectivity index (χ3n) is 2.16. The molecule has 6 heteroatoms. The number of likely N-dealkylation sites (N-methyl/N-ethyl adjacent to an activating group) is 1. The normalized spacial score (nSPS) is 24.8. The zero-order valence-corrected chi connectivity index (χ0v) is 9.06. The maximum atomic E-state index is 11.1. The van der Waals surface area contributed by atoms with E-state index in [4.69, 9.17) is 0 Å². The van der Waals surface area contributed by atoms with Gasteiger partial charge in [-0.2, -0.15) is 0 Å². The molecule has 1 amide bonds. The van der Waals surface area contributed by atoms with Crippen LogP contribution < -0.4 is 10.6 Å². The van der Waals surface area contributed by atoms with Gasteiger partial charge in [0.25, 0.3) is 0 Å². The van der Waals surface area contributed by atoms with E-state index in [9.17, 15) is 13.2 Å². The lowest BCUT2D eigenvalue weighted by molar-refractivity contribution is -0.120. The maximum Gasteiger partial charge on any atom is 0.233 e. The smallest absolute Gasteiger partial charge is 0.233 e. The Morgan fingerprint density at radius 2 is 2.21 bits per heavy atom. The molecule has 0 aromatic heterocycles. The molecule has 0 bridgehead atoms. The summed E-state index contributed by atoms with van der Waals surface area (Å²) in [6, 6.07) is -0.0531. The lowest BCUT2D eigenvalue weighted by Crippen LogP contribution is -2.39. The number of rotatable bonds is 4. The van der Waals surface area contributed by atoms with Gasteiger partial charge in [0, 0.05) is 12.6 Å². The molecule has 1 rings (SSSR count). The van der Waals surface area contributed by atoms with Crippen LogP contribution in [0.4, 0.5) is 0 Å². The molecule has 5 nitrogen and oxygen atoms in total. The molecule has 0 aromatic rings. The molecule has 1 saturated heterocycles. The topological polar surface area (TPSA) is 75.3 Å². The molecule has 1 unspecified atom stereocenters. The van der Waals surface area contributed by atoms with Gasteiger partial charge in [-0.25, -0.2) is 8.42 Å². The van der Waals surface area contributed by atoms with Crippen molar-refractivity contribution in [2.45, 2.75) is 19.4 Å². The molecule has 1 aliphatic heterocycles. The Labute approximate surface area is 84.2 Å². The largest absolute Gasteiger partial charge is 0.355 e. The predicted octanol–water partition coefficient (Wildman–Crippen LogP) is -1.10. The Balaban J connectivity index is 2.24. The molecular formula is C8H16N2O3S. The van der Waals surface area contributed by atoms with Crippen molar-refractivity contribution in [1.82, 2.24) is 10.6 Å². The monoisotopic (exact) mass is 220 g/mol. The van der Waals surface area contributed by atoms with Gasteiger partial charge in [0.05, 0.1) is 18.1 Å². The van der Waals surface area contributed by atoms with Crippen LogP contribution in [0.1, 0.15) is 13.3 Å². The van der Waals surface area contributed by atoms with Crippen molar-refractivity contribution >= 4 is 15.7 Å². The highest BCUT2D eigenvalue weighted by atomic mass is 32.2. The molecule has 14 heavy (non-hydrogen) atoms. The third-order valence-corrected chi connectivity index (χ3v) is 3.93. The lowest BCUT2D eigenvalue weighted by Gasteiger charge is -2.09. The molecule has 0 spiro atoms. The first-order chi connectivity index (χ1) is 6.53. The molecule has 1 fully saturated rings. The van der Waals surface area contributed by atoms with Crippen LogP contribution in [-0.4, -0.2) is 45.0 Å². The molecule has 2 N–H and O–H groups in total. The van der Waals surface area contributed by atoms with Gasteiger partial charge in [-0.05, 0) is 13.3 Å². The fraction of sp³-hybridized carbons (Fsp3) is 0.875. The van der Waals surface area contributed by atoms with Crippen molar-refractivity contribution in [2.24, 2.45) is 0 Å². The second kappa shape index (κ2) is 4.75. The third kappa shape index (κ3) is 3.63. The Morgan fingerprint density at radius 3 is 2.71 bits per heavy atom. The second-order valence-electron chi connectivity index (χ2n) is 3.43. The van der Waals surface area contributed by atoms with Crippen LogP contribution in [0.15, 0.2) is 0 Å². The average molecular weight is 220 g/mol. The van der Waals surface area contributed by atoms with E-state index in [-0.39, 0.29) is 30.0 Å². The van der Waals surface area contributed by atoms with Gasteiger partial charge in [-0.1, -0.05) is 0 Å². The van der Waals surface area contributed by atoms with Crippen LogP contribution in [0.25, 0.3) is 0 Å². The first-order valence-electron chi connectivity index (χ1n) is 4.74. The summed E-state index contributed by atoms with van der Waals surface area (Å²) in [7, 11) is -2.85. The van der Waals surface area contributed by atoms with Gasteiger partial charge >= 0.3 is 0 Å². The van der Waals surface area contributed by atoms with Crippen molar-refractivity contribution < 1.29 is 13.2 Å². The Kier molecular flexibility index (Phi) is 3.88. The fourth-order valence-corrected chi connectivity index (χ4v) is 3.16. The van der Waals surface area contributed by atoms with E-state index in [0.717, 1.165) is 0 Å². The van der Waals surface area contributed by atoms with Crippen LogP contribution in [0.2, 0.25) is 0 Å². The molecule has 1 aliphatic rings. The molecule has 0 aromatic carbocycles. The summed E-state index contributed by atoms with van der Waals surface area (Å²) < 4.78 is 22.1. The number of sulfone groups is 1. The second-order valence-corrected chi connectivity index (χ2v) is 5.66. The number of hydrogen-bond donors (Lipinski definition) is 2. The summed E-state index contributed by atoms with van der Waals surface area (Å²) in [5.74, 6) is 0.309. The van der Waals surface area contributed by atoms with Gasteiger partial charge in [-0.3, -0.25) is 4.79 Å². The molecule has 82 valence electrons. The quantitative estimate of drug-likeness (QED) is 0.630. The van der Waals surface area contributed by atoms with Crippen molar-refractivity contribution in [3.63, 3.8) is 0 Å². The van der Waals surface area contributed by atoms with Gasteiger partial charge in [0.1, 0.15) is 0 Å². The molecule has 1 heterocycles. The highest BCUT2D eigenvalue weighted by molar-refractivity contribution is 7.91. The SMILES string of the molecule is CCNC(=O)CNC1CCS(=O)(=O)C1. The zero-order valence-electron chi connectivity index (χ0n) is 8.25. The van der Waals surface area contributed by atoms with Crippen LogP contribution >= 0.6 is 0 Å². The van der Waals surface area contributed by atoms with Crippen molar-refractivity contribution in [2.75, 3.05) is 24.6 Å². The highest BCUT2D eigenvalue weighted by Gasteiger charge is 2.27. The zero-order chi connectivity index (χ0) is 10.6. The van der Waals surface area contributed by atoms with E-state index in [0.29, 0.717) is 13.0 Å². The standard InChI is InChI=1S/C8H16N2O3S/c1-2-9-8(11)5-10-7-3-4-14(12,13)6-7/h7,10H,2-6H2,1H3,(H,9,11). The summed E-state index contributed by atoms with van der Waals surface area (Å²) in [5.41, 5.74) is 0. The van der Waals surface area contributed by atoms with Crippen molar-refractivity contribution in [3.8, 4) is 0 Å². The summed E-state index contributed by atoms with van der Waals surface area (Å²) in [4.78, 5) is 11.0. The Bertz CT molecular complexity index is 300. The number of carbonyl (C=O) groups is 1. The fourth-order valence-electron chi connectivity index (χ4n) is 1.45. The van der Waals surface area contributed by atoms with E-state index >= 15 is 0 Å². The molecule has 0 radical (unpaired) electrons. The molecular weight excluding hydrogens is 204 g/mol. The number of carbonyl (C=O) groups excluding carboxylic acids is 1. The van der Waals surface area contributed by atoms with E-state index in [1.807, 2.05) is 6.92 Å². The Morgan fingerprint density at radius 1 is 1.50 bits per heavy atom. The minimum atomic E-state index is -2.85. The minimum Gasteiger partial charge on any atom is -0.355 e. The predicted molar refractivity (Wildman–Crippen MR) is 53.7 cm³/mol. The summed E-state index contributed by atoms with van der Waals surface area (Å²) in [6.45, 7) is 2.65. The first kappa shape index (κ1) is 11.5. The lowest BCUT2D eigenvalue weighted by atomic mass is 10.2. The number of amides is 1. The average Bonchev–Trinajstić information content (AvgIpc) is 2.43. The van der Waals surface area contributed by atoms with Gasteiger partial charge in [0.2, 0.25) is 5.91 Å². The minimum absolute atomic E-state index is 0.0531. The number of nitrogens with one attached hydrogen (secondary N) is 2. The van der Waals surface area contributed by atoms with Crippen molar-refractivity contribution in [3.05, 3.63) is 0 Å². The highest BCUT2D eigenvalue weighted by Crippen LogP contribution is 2.10. The van der Waals surface area contributed by atoms with Crippen LogP contribution in [0.5, 0.6) is 0 Å². The van der Waals surface area contributed by atoms with E-state index < -0.39 is 9.84 Å². The van der Waals surface area contributed by atoms with E-state index in [2.05, 4.69) is 10.6 Å². The first-order valence-corrected chi connectivity index (χ1v) is 6.56.